The smallest absolute Gasteiger partial charge is 0.326 e. The fourth-order valence-electron chi connectivity index (χ4n) is 3.55. The molecule has 0 radical (unpaired) electrons. The van der Waals surface area contributed by atoms with Crippen molar-refractivity contribution in [2.24, 2.45) is 11.7 Å². The zero-order chi connectivity index (χ0) is 27.5. The largest absolute Gasteiger partial charge is 0.508 e. The number of rotatable bonds is 13. The maximum absolute atomic E-state index is 13.0. The number of nitrogens with one attached hydrogen (secondary N) is 3. The van der Waals surface area contributed by atoms with Gasteiger partial charge >= 0.3 is 5.97 Å². The minimum atomic E-state index is -1.40. The molecule has 2 aromatic rings. The number of phenols is 1. The van der Waals surface area contributed by atoms with Crippen LogP contribution in [0.5, 0.6) is 5.75 Å². The molecule has 4 unspecified atom stereocenters. The number of aliphatic hydroxyl groups is 1. The lowest BCUT2D eigenvalue weighted by Crippen LogP contribution is -2.59. The molecule has 3 amide bonds. The van der Waals surface area contributed by atoms with E-state index in [9.17, 15) is 34.5 Å². The first-order valence-corrected chi connectivity index (χ1v) is 11.8. The number of benzene rings is 2. The van der Waals surface area contributed by atoms with Gasteiger partial charge in [0.25, 0.3) is 0 Å². The van der Waals surface area contributed by atoms with Crippen molar-refractivity contribution in [3.63, 3.8) is 0 Å². The summed E-state index contributed by atoms with van der Waals surface area (Å²) in [6, 6.07) is 10.1. The SMILES string of the molecule is CC(C)C(NC(=O)C(Cc1ccccc1)NC(=O)C(CO)NC(=O)C(N)Cc1ccc(O)cc1)C(=O)O. The van der Waals surface area contributed by atoms with Crippen molar-refractivity contribution in [2.75, 3.05) is 6.61 Å². The van der Waals surface area contributed by atoms with Crippen molar-refractivity contribution < 1.29 is 34.5 Å². The maximum Gasteiger partial charge on any atom is 0.326 e. The minimum Gasteiger partial charge on any atom is -0.508 e. The van der Waals surface area contributed by atoms with Crippen molar-refractivity contribution in [1.29, 1.82) is 0 Å². The Morgan fingerprint density at radius 2 is 1.32 bits per heavy atom. The molecule has 0 heterocycles. The molecule has 0 aliphatic heterocycles. The molecule has 0 aliphatic carbocycles. The first kappa shape index (κ1) is 29.3. The molecule has 200 valence electrons. The van der Waals surface area contributed by atoms with E-state index in [2.05, 4.69) is 16.0 Å². The van der Waals surface area contributed by atoms with Gasteiger partial charge in [0, 0.05) is 6.42 Å². The highest BCUT2D eigenvalue weighted by molar-refractivity contribution is 5.94. The van der Waals surface area contributed by atoms with Crippen LogP contribution in [-0.4, -0.2) is 69.8 Å². The van der Waals surface area contributed by atoms with E-state index in [4.69, 9.17) is 5.73 Å². The zero-order valence-corrected chi connectivity index (χ0v) is 20.8. The summed E-state index contributed by atoms with van der Waals surface area (Å²) in [5, 5.41) is 35.9. The molecular formula is C26H34N4O7. The third kappa shape index (κ3) is 9.21. The Morgan fingerprint density at radius 1 is 0.784 bits per heavy atom. The molecule has 0 aliphatic rings. The Hall–Kier alpha value is -3.96. The van der Waals surface area contributed by atoms with Gasteiger partial charge < -0.3 is 37.0 Å². The summed E-state index contributed by atoms with van der Waals surface area (Å²) in [6.45, 7) is 2.53. The number of phenolic OH excluding ortho intramolecular Hbond substituents is 1. The Morgan fingerprint density at radius 3 is 1.86 bits per heavy atom. The number of carbonyl (C=O) groups excluding carboxylic acids is 3. The number of aliphatic carboxylic acids is 1. The van der Waals surface area contributed by atoms with Crippen LogP contribution in [0.1, 0.15) is 25.0 Å². The Balaban J connectivity index is 2.11. The number of amides is 3. The number of carboxylic acids is 1. The van der Waals surface area contributed by atoms with Crippen molar-refractivity contribution in [1.82, 2.24) is 16.0 Å². The second-order valence-corrected chi connectivity index (χ2v) is 9.04. The van der Waals surface area contributed by atoms with Crippen LogP contribution in [0.2, 0.25) is 0 Å². The van der Waals surface area contributed by atoms with Crippen molar-refractivity contribution in [3.05, 3.63) is 65.7 Å². The highest BCUT2D eigenvalue weighted by Crippen LogP contribution is 2.11. The predicted octanol–water partition coefficient (Wildman–Crippen LogP) is -0.308. The molecule has 4 atom stereocenters. The highest BCUT2D eigenvalue weighted by atomic mass is 16.4. The van der Waals surface area contributed by atoms with Gasteiger partial charge in [-0.05, 0) is 35.6 Å². The summed E-state index contributed by atoms with van der Waals surface area (Å²) in [7, 11) is 0. The number of hydrogen-bond donors (Lipinski definition) is 7. The second kappa shape index (κ2) is 14.0. The van der Waals surface area contributed by atoms with Crippen molar-refractivity contribution in [2.45, 2.75) is 50.9 Å². The predicted molar refractivity (Wildman–Crippen MR) is 135 cm³/mol. The van der Waals surface area contributed by atoms with Gasteiger partial charge in [0.15, 0.2) is 0 Å². The quantitative estimate of drug-likeness (QED) is 0.189. The lowest BCUT2D eigenvalue weighted by atomic mass is 10.0. The summed E-state index contributed by atoms with van der Waals surface area (Å²) < 4.78 is 0. The van der Waals surface area contributed by atoms with E-state index in [1.165, 1.54) is 12.1 Å². The number of nitrogens with two attached hydrogens (primary N) is 1. The minimum absolute atomic E-state index is 0.0509. The molecule has 0 bridgehead atoms. The molecule has 37 heavy (non-hydrogen) atoms. The van der Waals surface area contributed by atoms with E-state index in [0.717, 1.165) is 0 Å². The fraction of sp³-hybridized carbons (Fsp3) is 0.385. The summed E-state index contributed by atoms with van der Waals surface area (Å²) in [4.78, 5) is 50.1. The van der Waals surface area contributed by atoms with Crippen LogP contribution in [0.15, 0.2) is 54.6 Å². The van der Waals surface area contributed by atoms with Gasteiger partial charge in [-0.2, -0.15) is 0 Å². The number of aliphatic hydroxyl groups excluding tert-OH is 1. The van der Waals surface area contributed by atoms with Gasteiger partial charge in [-0.25, -0.2) is 4.79 Å². The van der Waals surface area contributed by atoms with E-state index in [1.807, 2.05) is 0 Å². The van der Waals surface area contributed by atoms with Crippen LogP contribution in [0.4, 0.5) is 0 Å². The molecule has 0 fully saturated rings. The third-order valence-electron chi connectivity index (χ3n) is 5.69. The van der Waals surface area contributed by atoms with Crippen molar-refractivity contribution >= 4 is 23.7 Å². The zero-order valence-electron chi connectivity index (χ0n) is 20.8. The van der Waals surface area contributed by atoms with Crippen LogP contribution in [-0.2, 0) is 32.0 Å². The molecule has 2 aromatic carbocycles. The Labute approximate surface area is 215 Å². The maximum atomic E-state index is 13.0. The monoisotopic (exact) mass is 514 g/mol. The molecule has 2 rings (SSSR count). The normalized spacial score (nSPS) is 14.2. The van der Waals surface area contributed by atoms with Crippen LogP contribution in [0, 0.1) is 5.92 Å². The summed E-state index contributed by atoms with van der Waals surface area (Å²) in [5.74, 6) is -3.80. The van der Waals surface area contributed by atoms with E-state index in [-0.39, 0.29) is 18.6 Å². The summed E-state index contributed by atoms with van der Waals surface area (Å²) >= 11 is 0. The lowest BCUT2D eigenvalue weighted by molar-refractivity contribution is -0.143. The first-order chi connectivity index (χ1) is 17.5. The van der Waals surface area contributed by atoms with E-state index in [0.29, 0.717) is 11.1 Å². The van der Waals surface area contributed by atoms with Gasteiger partial charge in [-0.15, -0.1) is 0 Å². The molecule has 0 spiro atoms. The van der Waals surface area contributed by atoms with Gasteiger partial charge in [0.1, 0.15) is 23.9 Å². The van der Waals surface area contributed by atoms with Crippen molar-refractivity contribution in [3.8, 4) is 5.75 Å². The average molecular weight is 515 g/mol. The highest BCUT2D eigenvalue weighted by Gasteiger charge is 2.31. The Bertz CT molecular complexity index is 1060. The number of carboxylic acid groups (broad SMARTS) is 1. The van der Waals surface area contributed by atoms with Gasteiger partial charge in [0.05, 0.1) is 12.6 Å². The Kier molecular flexibility index (Phi) is 11.0. The second-order valence-electron chi connectivity index (χ2n) is 9.04. The molecule has 11 heteroatoms. The number of carbonyl (C=O) groups is 4. The molecule has 0 saturated heterocycles. The first-order valence-electron chi connectivity index (χ1n) is 11.8. The molecular weight excluding hydrogens is 480 g/mol. The average Bonchev–Trinajstić information content (AvgIpc) is 2.86. The van der Waals surface area contributed by atoms with E-state index < -0.39 is 60.4 Å². The van der Waals surface area contributed by atoms with Crippen LogP contribution < -0.4 is 21.7 Å². The van der Waals surface area contributed by atoms with Gasteiger partial charge in [-0.1, -0.05) is 56.3 Å². The number of hydrogen-bond acceptors (Lipinski definition) is 7. The van der Waals surface area contributed by atoms with Crippen LogP contribution in [0.3, 0.4) is 0 Å². The summed E-state index contributed by atoms with van der Waals surface area (Å²) in [5.41, 5.74) is 7.34. The van der Waals surface area contributed by atoms with Crippen LogP contribution >= 0.6 is 0 Å². The molecule has 0 aromatic heterocycles. The van der Waals surface area contributed by atoms with Crippen LogP contribution in [0.25, 0.3) is 0 Å². The standard InChI is InChI=1S/C26H34N4O7/c1-15(2)22(26(36)37)30-24(34)20(13-16-6-4-3-5-7-16)28-25(35)21(14-31)29-23(33)19(27)12-17-8-10-18(32)11-9-17/h3-11,15,19-22,31-32H,12-14,27H2,1-2H3,(H,28,35)(H,29,33)(H,30,34)(H,36,37). The lowest BCUT2D eigenvalue weighted by Gasteiger charge is -2.25. The van der Waals surface area contributed by atoms with Gasteiger partial charge in [-0.3, -0.25) is 14.4 Å². The van der Waals surface area contributed by atoms with Gasteiger partial charge in [0.2, 0.25) is 17.7 Å². The number of aromatic hydroxyl groups is 1. The molecule has 0 saturated carbocycles. The molecule has 11 nitrogen and oxygen atoms in total. The fourth-order valence-corrected chi connectivity index (χ4v) is 3.55. The van der Waals surface area contributed by atoms with E-state index in [1.54, 1.807) is 56.3 Å². The molecule has 8 N–H and O–H groups in total. The van der Waals surface area contributed by atoms with E-state index >= 15 is 0 Å². The topological polar surface area (TPSA) is 191 Å². The third-order valence-corrected chi connectivity index (χ3v) is 5.69. The summed E-state index contributed by atoms with van der Waals surface area (Å²) in [6.07, 6.45) is 0.173.